The van der Waals surface area contributed by atoms with Gasteiger partial charge in [-0.2, -0.15) is 0 Å². The molecule has 0 unspecified atom stereocenters. The van der Waals surface area contributed by atoms with Crippen LogP contribution in [0.3, 0.4) is 0 Å². The molecule has 3 aromatic rings. The van der Waals surface area contributed by atoms with Crippen LogP contribution in [0.15, 0.2) is 30.5 Å². The molecule has 0 radical (unpaired) electrons. The first kappa shape index (κ1) is 14.3. The van der Waals surface area contributed by atoms with Crippen LogP contribution in [0.4, 0.5) is 5.69 Å². The number of hydrogen-bond acceptors (Lipinski definition) is 4. The van der Waals surface area contributed by atoms with Crippen molar-refractivity contribution in [3.8, 4) is 22.9 Å². The van der Waals surface area contributed by atoms with Gasteiger partial charge in [0.2, 0.25) is 5.88 Å². The van der Waals surface area contributed by atoms with Gasteiger partial charge < -0.3 is 20.2 Å². The number of nitrogens with two attached hydrogens (primary N) is 1. The second kappa shape index (κ2) is 5.60. The minimum Gasteiger partial charge on any atom is -0.495 e. The lowest BCUT2D eigenvalue weighted by Crippen LogP contribution is -1.96. The van der Waals surface area contributed by atoms with Crippen LogP contribution in [-0.4, -0.2) is 24.2 Å². The number of aromatic nitrogens is 2. The molecule has 0 saturated heterocycles. The second-order valence-corrected chi connectivity index (χ2v) is 5.07. The summed E-state index contributed by atoms with van der Waals surface area (Å²) < 4.78 is 10.7. The highest BCUT2D eigenvalue weighted by molar-refractivity contribution is 5.91. The molecule has 0 amide bonds. The first-order valence-corrected chi connectivity index (χ1v) is 7.16. The largest absolute Gasteiger partial charge is 0.495 e. The summed E-state index contributed by atoms with van der Waals surface area (Å²) in [6.45, 7) is 2.11. The van der Waals surface area contributed by atoms with Crippen LogP contribution in [0.25, 0.3) is 22.2 Å². The van der Waals surface area contributed by atoms with Gasteiger partial charge in [0.15, 0.2) is 0 Å². The van der Waals surface area contributed by atoms with Crippen LogP contribution < -0.4 is 15.2 Å². The number of rotatable bonds is 4. The van der Waals surface area contributed by atoms with Crippen molar-refractivity contribution >= 4 is 16.6 Å². The van der Waals surface area contributed by atoms with Gasteiger partial charge in [0.25, 0.3) is 0 Å². The summed E-state index contributed by atoms with van der Waals surface area (Å²) >= 11 is 0. The molecule has 0 bridgehead atoms. The highest BCUT2D eigenvalue weighted by atomic mass is 16.5. The molecule has 0 aliphatic heterocycles. The first-order chi connectivity index (χ1) is 10.7. The van der Waals surface area contributed by atoms with Crippen molar-refractivity contribution in [3.63, 3.8) is 0 Å². The van der Waals surface area contributed by atoms with Gasteiger partial charge in [-0.1, -0.05) is 6.92 Å². The van der Waals surface area contributed by atoms with Crippen molar-refractivity contribution in [2.45, 2.75) is 13.3 Å². The molecule has 5 heteroatoms. The number of aryl methyl sites for hydroxylation is 1. The summed E-state index contributed by atoms with van der Waals surface area (Å²) in [6.07, 6.45) is 2.67. The minimum absolute atomic E-state index is 0.609. The number of nitrogen functional groups attached to an aromatic ring is 1. The molecule has 0 spiro atoms. The molecule has 0 aliphatic rings. The normalized spacial score (nSPS) is 10.9. The van der Waals surface area contributed by atoms with Crippen LogP contribution in [0.5, 0.6) is 11.6 Å². The van der Waals surface area contributed by atoms with Crippen molar-refractivity contribution in [1.82, 2.24) is 9.97 Å². The Balaban J connectivity index is 2.23. The van der Waals surface area contributed by atoms with E-state index in [1.54, 1.807) is 20.4 Å². The fourth-order valence-corrected chi connectivity index (χ4v) is 2.71. The summed E-state index contributed by atoms with van der Waals surface area (Å²) in [7, 11) is 3.25. The minimum atomic E-state index is 0.609. The maximum Gasteiger partial charge on any atom is 0.222 e. The van der Waals surface area contributed by atoms with Crippen LogP contribution >= 0.6 is 0 Å². The number of ether oxygens (including phenoxy) is 2. The average molecular weight is 297 g/mol. The van der Waals surface area contributed by atoms with Crippen molar-refractivity contribution in [3.05, 3.63) is 36.0 Å². The van der Waals surface area contributed by atoms with Gasteiger partial charge in [-0.3, -0.25) is 0 Å². The summed E-state index contributed by atoms with van der Waals surface area (Å²) in [5.74, 6) is 1.29. The molecule has 5 nitrogen and oxygen atoms in total. The van der Waals surface area contributed by atoms with Gasteiger partial charge in [-0.15, -0.1) is 0 Å². The highest BCUT2D eigenvalue weighted by Gasteiger charge is 2.15. The number of anilines is 1. The van der Waals surface area contributed by atoms with E-state index in [1.165, 1.54) is 5.56 Å². The van der Waals surface area contributed by atoms with E-state index in [4.69, 9.17) is 15.2 Å². The Morgan fingerprint density at radius 2 is 2.00 bits per heavy atom. The van der Waals surface area contributed by atoms with Crippen molar-refractivity contribution in [1.29, 1.82) is 0 Å². The Hall–Kier alpha value is -2.69. The van der Waals surface area contributed by atoms with Crippen LogP contribution in [0.2, 0.25) is 0 Å². The molecule has 0 atom stereocenters. The smallest absolute Gasteiger partial charge is 0.222 e. The van der Waals surface area contributed by atoms with Crippen LogP contribution in [0.1, 0.15) is 12.5 Å². The molecule has 0 saturated carbocycles. The standard InChI is InChI=1S/C17H19N3O2/c1-4-10-5-6-19-17(22-3)16(10)14-7-11-8-15(21-2)12(18)9-13(11)20-14/h5-9,20H,4,18H2,1-3H3. The number of nitrogens with zero attached hydrogens (tertiary/aromatic N) is 1. The van der Waals surface area contributed by atoms with Crippen molar-refractivity contribution in [2.24, 2.45) is 0 Å². The predicted molar refractivity (Wildman–Crippen MR) is 88.4 cm³/mol. The summed E-state index contributed by atoms with van der Waals surface area (Å²) in [4.78, 5) is 7.71. The molecule has 2 aromatic heterocycles. The molecule has 2 heterocycles. The monoisotopic (exact) mass is 297 g/mol. The van der Waals surface area contributed by atoms with Crippen LogP contribution in [0, 0.1) is 0 Å². The zero-order valence-electron chi connectivity index (χ0n) is 12.9. The number of fused-ring (bicyclic) bond motifs is 1. The number of nitrogens with one attached hydrogen (secondary N) is 1. The maximum absolute atomic E-state index is 5.98. The average Bonchev–Trinajstić information content (AvgIpc) is 2.95. The van der Waals surface area contributed by atoms with E-state index < -0.39 is 0 Å². The fourth-order valence-electron chi connectivity index (χ4n) is 2.71. The highest BCUT2D eigenvalue weighted by Crippen LogP contribution is 2.35. The topological polar surface area (TPSA) is 73.2 Å². The Bertz CT molecular complexity index is 802. The third kappa shape index (κ3) is 2.24. The van der Waals surface area contributed by atoms with Gasteiger partial charge in [-0.05, 0) is 36.2 Å². The Labute approximate surface area is 129 Å². The quantitative estimate of drug-likeness (QED) is 0.724. The lowest BCUT2D eigenvalue weighted by Gasteiger charge is -2.10. The van der Waals surface area contributed by atoms with E-state index in [0.717, 1.165) is 28.6 Å². The first-order valence-electron chi connectivity index (χ1n) is 7.16. The number of benzene rings is 1. The number of pyridine rings is 1. The third-order valence-corrected chi connectivity index (χ3v) is 3.82. The maximum atomic E-state index is 5.98. The van der Waals surface area contributed by atoms with E-state index in [9.17, 15) is 0 Å². The molecule has 114 valence electrons. The lowest BCUT2D eigenvalue weighted by molar-refractivity contribution is 0.399. The van der Waals surface area contributed by atoms with E-state index >= 15 is 0 Å². The van der Waals surface area contributed by atoms with E-state index in [1.807, 2.05) is 18.2 Å². The zero-order valence-corrected chi connectivity index (χ0v) is 12.9. The van der Waals surface area contributed by atoms with Crippen molar-refractivity contribution in [2.75, 3.05) is 20.0 Å². The van der Waals surface area contributed by atoms with E-state index in [2.05, 4.69) is 23.0 Å². The second-order valence-electron chi connectivity index (χ2n) is 5.07. The van der Waals surface area contributed by atoms with Gasteiger partial charge in [0.1, 0.15) is 5.75 Å². The van der Waals surface area contributed by atoms with Crippen LogP contribution in [-0.2, 0) is 6.42 Å². The Morgan fingerprint density at radius 1 is 1.18 bits per heavy atom. The van der Waals surface area contributed by atoms with Gasteiger partial charge in [-0.25, -0.2) is 4.98 Å². The number of aromatic amines is 1. The summed E-state index contributed by atoms with van der Waals surface area (Å²) in [5.41, 5.74) is 10.7. The molecule has 3 rings (SSSR count). The third-order valence-electron chi connectivity index (χ3n) is 3.82. The SMILES string of the molecule is CCc1ccnc(OC)c1-c1cc2cc(OC)c(N)cc2[nH]1. The van der Waals surface area contributed by atoms with Crippen molar-refractivity contribution < 1.29 is 9.47 Å². The van der Waals surface area contributed by atoms with Gasteiger partial charge in [0, 0.05) is 17.1 Å². The predicted octanol–water partition coefficient (Wildman–Crippen LogP) is 3.39. The molecular formula is C17H19N3O2. The summed E-state index contributed by atoms with van der Waals surface area (Å²) in [5, 5.41) is 1.04. The number of H-pyrrole nitrogens is 1. The Kier molecular flexibility index (Phi) is 3.63. The Morgan fingerprint density at radius 3 is 2.68 bits per heavy atom. The molecule has 0 fully saturated rings. The summed E-state index contributed by atoms with van der Waals surface area (Å²) in [6, 6.07) is 7.89. The van der Waals surface area contributed by atoms with E-state index in [-0.39, 0.29) is 0 Å². The molecule has 1 aromatic carbocycles. The fraction of sp³-hybridized carbons (Fsp3) is 0.235. The van der Waals surface area contributed by atoms with E-state index in [0.29, 0.717) is 17.3 Å². The molecule has 22 heavy (non-hydrogen) atoms. The zero-order chi connectivity index (χ0) is 15.7. The molecular weight excluding hydrogens is 278 g/mol. The molecule has 0 aliphatic carbocycles. The molecule has 3 N–H and O–H groups in total. The number of hydrogen-bond donors (Lipinski definition) is 2. The number of methoxy groups -OCH3 is 2. The lowest BCUT2D eigenvalue weighted by atomic mass is 10.0. The van der Waals surface area contributed by atoms with Gasteiger partial charge in [0.05, 0.1) is 31.2 Å². The van der Waals surface area contributed by atoms with Gasteiger partial charge >= 0.3 is 0 Å².